The molecule has 0 saturated carbocycles. The average Bonchev–Trinajstić information content (AvgIpc) is 3.06. The molecule has 0 bridgehead atoms. The van der Waals surface area contributed by atoms with Crippen molar-refractivity contribution in [1.29, 1.82) is 0 Å². The number of hydrogen-bond acceptors (Lipinski definition) is 3. The van der Waals surface area contributed by atoms with Crippen LogP contribution in [0.15, 0.2) is 18.2 Å². The minimum Gasteiger partial charge on any atom is -0.464 e. The van der Waals surface area contributed by atoms with Crippen LogP contribution in [0.3, 0.4) is 0 Å². The number of likely N-dealkylation sites (tertiary alicyclic amines) is 1. The first-order valence-electron chi connectivity index (χ1n) is 8.95. The molecule has 1 fully saturated rings. The van der Waals surface area contributed by atoms with E-state index in [4.69, 9.17) is 4.74 Å². The quantitative estimate of drug-likeness (QED) is 0.411. The molecule has 0 N–H and O–H groups in total. The van der Waals surface area contributed by atoms with Crippen molar-refractivity contribution >= 4 is 11.9 Å². The predicted octanol–water partition coefficient (Wildman–Crippen LogP) is 4.43. The van der Waals surface area contributed by atoms with Gasteiger partial charge in [-0.05, 0) is 49.8 Å². The number of carbonyl (C=O) groups is 2. The first kappa shape index (κ1) is 21.2. The highest BCUT2D eigenvalue weighted by atomic mass is 19.4. The molecule has 0 radical (unpaired) electrons. The maximum absolute atomic E-state index is 13.7. The molecule has 1 atom stereocenters. The highest BCUT2D eigenvalue weighted by molar-refractivity contribution is 5.97. The molecule has 1 amide bonds. The largest absolute Gasteiger partial charge is 0.464 e. The molecule has 1 aliphatic heterocycles. The van der Waals surface area contributed by atoms with Crippen molar-refractivity contribution in [2.75, 3.05) is 13.2 Å². The van der Waals surface area contributed by atoms with Gasteiger partial charge in [0, 0.05) is 12.1 Å². The topological polar surface area (TPSA) is 46.6 Å². The lowest BCUT2D eigenvalue weighted by molar-refractivity contribution is -0.148. The zero-order valence-corrected chi connectivity index (χ0v) is 15.3. The van der Waals surface area contributed by atoms with Crippen molar-refractivity contribution in [2.24, 2.45) is 5.92 Å². The number of halogens is 4. The minimum absolute atomic E-state index is 0.222. The SMILES string of the molecule is CC(C)CCCOC(=O)C1CCCN1C(=O)c1ccc(C(F)(F)F)c(F)c1. The summed E-state index contributed by atoms with van der Waals surface area (Å²) in [5.41, 5.74) is -1.65. The molecule has 1 saturated heterocycles. The van der Waals surface area contributed by atoms with Crippen molar-refractivity contribution in [2.45, 2.75) is 51.7 Å². The van der Waals surface area contributed by atoms with Gasteiger partial charge in [-0.1, -0.05) is 13.8 Å². The number of nitrogens with zero attached hydrogens (tertiary/aromatic N) is 1. The van der Waals surface area contributed by atoms with Gasteiger partial charge in [-0.3, -0.25) is 4.79 Å². The van der Waals surface area contributed by atoms with Gasteiger partial charge in [0.1, 0.15) is 11.9 Å². The summed E-state index contributed by atoms with van der Waals surface area (Å²) in [7, 11) is 0. The Morgan fingerprint density at radius 3 is 2.59 bits per heavy atom. The van der Waals surface area contributed by atoms with Crippen LogP contribution in [0.1, 0.15) is 55.5 Å². The van der Waals surface area contributed by atoms with E-state index in [1.165, 1.54) is 4.90 Å². The summed E-state index contributed by atoms with van der Waals surface area (Å²) >= 11 is 0. The second-order valence-corrected chi connectivity index (χ2v) is 7.05. The van der Waals surface area contributed by atoms with E-state index in [9.17, 15) is 27.2 Å². The van der Waals surface area contributed by atoms with Crippen LogP contribution in [0.4, 0.5) is 17.6 Å². The molecule has 2 rings (SSSR count). The maximum atomic E-state index is 13.7. The Morgan fingerprint density at radius 1 is 1.30 bits per heavy atom. The van der Waals surface area contributed by atoms with Crippen molar-refractivity contribution in [3.63, 3.8) is 0 Å². The van der Waals surface area contributed by atoms with E-state index in [2.05, 4.69) is 13.8 Å². The molecule has 8 heteroatoms. The Kier molecular flexibility index (Phi) is 6.84. The van der Waals surface area contributed by atoms with Crippen LogP contribution in [-0.2, 0) is 15.7 Å². The highest BCUT2D eigenvalue weighted by Crippen LogP contribution is 2.32. The van der Waals surface area contributed by atoms with E-state index in [0.717, 1.165) is 12.5 Å². The lowest BCUT2D eigenvalue weighted by atomic mass is 10.1. The van der Waals surface area contributed by atoms with Gasteiger partial charge in [0.15, 0.2) is 0 Å². The van der Waals surface area contributed by atoms with Crippen molar-refractivity contribution < 1.29 is 31.9 Å². The molecule has 150 valence electrons. The molecular formula is C19H23F4NO3. The molecule has 0 aliphatic carbocycles. The first-order valence-corrected chi connectivity index (χ1v) is 8.95. The summed E-state index contributed by atoms with van der Waals surface area (Å²) < 4.78 is 56.9. The Labute approximate surface area is 155 Å². The van der Waals surface area contributed by atoms with Gasteiger partial charge in [-0.2, -0.15) is 13.2 Å². The summed E-state index contributed by atoms with van der Waals surface area (Å²) in [5, 5.41) is 0. The second kappa shape index (κ2) is 8.71. The standard InChI is InChI=1S/C19H23F4NO3/c1-12(2)5-4-10-27-18(26)16-6-3-9-24(16)17(25)13-7-8-14(15(20)11-13)19(21,22)23/h7-8,11-12,16H,3-6,9-10H2,1-2H3. The molecule has 27 heavy (non-hydrogen) atoms. The van der Waals surface area contributed by atoms with E-state index in [0.29, 0.717) is 37.3 Å². The number of ether oxygens (including phenoxy) is 1. The summed E-state index contributed by atoms with van der Waals surface area (Å²) in [6.07, 6.45) is -2.22. The maximum Gasteiger partial charge on any atom is 0.419 e. The van der Waals surface area contributed by atoms with E-state index in [1.807, 2.05) is 0 Å². The Morgan fingerprint density at radius 2 is 2.00 bits per heavy atom. The number of rotatable bonds is 6. The number of benzene rings is 1. The van der Waals surface area contributed by atoms with Gasteiger partial charge in [0.05, 0.1) is 12.2 Å². The van der Waals surface area contributed by atoms with Crippen molar-refractivity contribution in [3.8, 4) is 0 Å². The number of esters is 1. The van der Waals surface area contributed by atoms with Crippen LogP contribution in [0, 0.1) is 11.7 Å². The number of carbonyl (C=O) groups excluding carboxylic acids is 2. The lowest BCUT2D eigenvalue weighted by Gasteiger charge is -2.23. The van der Waals surface area contributed by atoms with Crippen molar-refractivity contribution in [3.05, 3.63) is 35.1 Å². The predicted molar refractivity (Wildman–Crippen MR) is 90.5 cm³/mol. The normalized spacial score (nSPS) is 17.4. The minimum atomic E-state index is -4.83. The lowest BCUT2D eigenvalue weighted by Crippen LogP contribution is -2.41. The molecule has 1 aromatic rings. The van der Waals surface area contributed by atoms with Gasteiger partial charge in [0.2, 0.25) is 0 Å². The number of alkyl halides is 3. The zero-order chi connectivity index (χ0) is 20.2. The third-order valence-electron chi connectivity index (χ3n) is 4.48. The van der Waals surface area contributed by atoms with Crippen LogP contribution in [-0.4, -0.2) is 36.0 Å². The van der Waals surface area contributed by atoms with E-state index >= 15 is 0 Å². The van der Waals surface area contributed by atoms with Gasteiger partial charge >= 0.3 is 12.1 Å². The van der Waals surface area contributed by atoms with Crippen molar-refractivity contribution in [1.82, 2.24) is 4.90 Å². The Balaban J connectivity index is 2.04. The molecule has 1 aromatic carbocycles. The molecule has 4 nitrogen and oxygen atoms in total. The van der Waals surface area contributed by atoms with Crippen LogP contribution in [0.2, 0.25) is 0 Å². The van der Waals surface area contributed by atoms with E-state index in [-0.39, 0.29) is 18.7 Å². The van der Waals surface area contributed by atoms with Crippen LogP contribution in [0.25, 0.3) is 0 Å². The van der Waals surface area contributed by atoms with Gasteiger partial charge in [-0.15, -0.1) is 0 Å². The fourth-order valence-corrected chi connectivity index (χ4v) is 3.06. The molecule has 0 spiro atoms. The summed E-state index contributed by atoms with van der Waals surface area (Å²) in [6, 6.07) is 1.24. The monoisotopic (exact) mass is 389 g/mol. The summed E-state index contributed by atoms with van der Waals surface area (Å²) in [6.45, 7) is 4.64. The van der Waals surface area contributed by atoms with Gasteiger partial charge in [-0.25, -0.2) is 9.18 Å². The summed E-state index contributed by atoms with van der Waals surface area (Å²) in [5.74, 6) is -2.23. The average molecular weight is 389 g/mol. The van der Waals surface area contributed by atoms with Crippen LogP contribution < -0.4 is 0 Å². The summed E-state index contributed by atoms with van der Waals surface area (Å²) in [4.78, 5) is 26.1. The van der Waals surface area contributed by atoms with Gasteiger partial charge in [0.25, 0.3) is 5.91 Å². The van der Waals surface area contributed by atoms with Gasteiger partial charge < -0.3 is 9.64 Å². The highest BCUT2D eigenvalue weighted by Gasteiger charge is 2.37. The Hall–Kier alpha value is -2.12. The van der Waals surface area contributed by atoms with E-state index < -0.39 is 35.5 Å². The smallest absolute Gasteiger partial charge is 0.419 e. The fraction of sp³-hybridized carbons (Fsp3) is 0.579. The number of amides is 1. The molecule has 1 aliphatic rings. The van der Waals surface area contributed by atoms with E-state index in [1.54, 1.807) is 0 Å². The Bertz CT molecular complexity index is 688. The molecule has 1 heterocycles. The van der Waals surface area contributed by atoms with Crippen LogP contribution in [0.5, 0.6) is 0 Å². The third-order valence-corrected chi connectivity index (χ3v) is 4.48. The number of hydrogen-bond donors (Lipinski definition) is 0. The molecule has 1 unspecified atom stereocenters. The third kappa shape index (κ3) is 5.43. The molecule has 0 aromatic heterocycles. The molecular weight excluding hydrogens is 366 g/mol. The second-order valence-electron chi connectivity index (χ2n) is 7.05. The van der Waals surface area contributed by atoms with Crippen LogP contribution >= 0.6 is 0 Å². The first-order chi connectivity index (χ1) is 12.6. The zero-order valence-electron chi connectivity index (χ0n) is 15.3. The fourth-order valence-electron chi connectivity index (χ4n) is 3.06.